The van der Waals surface area contributed by atoms with Gasteiger partial charge >= 0.3 is 6.18 Å². The highest BCUT2D eigenvalue weighted by Gasteiger charge is 2.32. The van der Waals surface area contributed by atoms with Gasteiger partial charge in [-0.3, -0.25) is 4.99 Å². The van der Waals surface area contributed by atoms with E-state index in [9.17, 15) is 13.2 Å². The van der Waals surface area contributed by atoms with E-state index >= 15 is 0 Å². The van der Waals surface area contributed by atoms with Crippen molar-refractivity contribution in [3.63, 3.8) is 0 Å². The Morgan fingerprint density at radius 1 is 0.758 bits per heavy atom. The molecule has 2 nitrogen and oxygen atoms in total. The number of halogens is 3. The molecular formula is C28H25F3N2. The lowest BCUT2D eigenvalue weighted by atomic mass is 9.78. The van der Waals surface area contributed by atoms with Crippen molar-refractivity contribution in [2.24, 2.45) is 4.99 Å². The van der Waals surface area contributed by atoms with Crippen molar-refractivity contribution in [3.8, 4) is 11.1 Å². The van der Waals surface area contributed by atoms with E-state index in [1.807, 2.05) is 36.5 Å². The molecule has 0 unspecified atom stereocenters. The number of aryl methyl sites for hydroxylation is 2. The summed E-state index contributed by atoms with van der Waals surface area (Å²) in [6.45, 7) is 0. The summed E-state index contributed by atoms with van der Waals surface area (Å²) < 4.78 is 38.6. The van der Waals surface area contributed by atoms with Gasteiger partial charge in [0.15, 0.2) is 0 Å². The fraction of sp³-hybridized carbons (Fsp3) is 0.250. The number of benzene rings is 3. The zero-order valence-electron chi connectivity index (χ0n) is 18.3. The Kier molecular flexibility index (Phi) is 5.79. The van der Waals surface area contributed by atoms with Gasteiger partial charge in [0.05, 0.1) is 16.9 Å². The van der Waals surface area contributed by atoms with Crippen LogP contribution in [0.15, 0.2) is 71.9 Å². The summed E-state index contributed by atoms with van der Waals surface area (Å²) in [5.41, 5.74) is 8.76. The van der Waals surface area contributed by atoms with Gasteiger partial charge in [-0.25, -0.2) is 0 Å². The topological polar surface area (TPSA) is 24.4 Å². The largest absolute Gasteiger partial charge is 0.416 e. The molecule has 0 spiro atoms. The van der Waals surface area contributed by atoms with Crippen LogP contribution in [0, 0.1) is 0 Å². The number of nitrogens with zero attached hydrogens (tertiary/aromatic N) is 1. The van der Waals surface area contributed by atoms with Gasteiger partial charge in [-0.15, -0.1) is 0 Å². The number of para-hydroxylation sites is 2. The smallest absolute Gasteiger partial charge is 0.360 e. The molecule has 6 rings (SSSR count). The number of anilines is 1. The fourth-order valence-electron chi connectivity index (χ4n) is 4.95. The highest BCUT2D eigenvalue weighted by Crippen LogP contribution is 2.41. The highest BCUT2D eigenvalue weighted by molar-refractivity contribution is 5.81. The van der Waals surface area contributed by atoms with E-state index < -0.39 is 11.7 Å². The lowest BCUT2D eigenvalue weighted by Crippen LogP contribution is -2.13. The number of rotatable bonds is 0. The minimum absolute atomic E-state index is 0.535. The normalized spacial score (nSPS) is 15.6. The molecule has 3 aromatic rings. The van der Waals surface area contributed by atoms with Crippen molar-refractivity contribution in [2.45, 2.75) is 44.7 Å². The summed E-state index contributed by atoms with van der Waals surface area (Å²) in [6.07, 6.45) is 7.58. The molecule has 1 heterocycles. The Bertz CT molecular complexity index is 1240. The van der Waals surface area contributed by atoms with Crippen LogP contribution in [0.2, 0.25) is 0 Å². The van der Waals surface area contributed by atoms with Crippen molar-refractivity contribution in [1.82, 2.24) is 0 Å². The molecule has 1 aliphatic heterocycles. The van der Waals surface area contributed by atoms with Crippen LogP contribution in [0.5, 0.6) is 0 Å². The number of aliphatic imine (C=N–C) groups is 1. The van der Waals surface area contributed by atoms with Gasteiger partial charge in [-0.05, 0) is 102 Å². The molecule has 168 valence electrons. The van der Waals surface area contributed by atoms with Crippen LogP contribution in [0.4, 0.5) is 24.5 Å². The third-order valence-corrected chi connectivity index (χ3v) is 6.56. The van der Waals surface area contributed by atoms with Gasteiger partial charge in [0.1, 0.15) is 0 Å². The van der Waals surface area contributed by atoms with Crippen molar-refractivity contribution >= 4 is 17.6 Å². The van der Waals surface area contributed by atoms with Crippen LogP contribution in [0.3, 0.4) is 0 Å². The summed E-state index contributed by atoms with van der Waals surface area (Å²) in [5.74, 6) is 0. The molecule has 0 atom stereocenters. The first-order valence-corrected chi connectivity index (χ1v) is 11.4. The Morgan fingerprint density at radius 2 is 1.58 bits per heavy atom. The van der Waals surface area contributed by atoms with E-state index in [4.69, 9.17) is 0 Å². The zero-order chi connectivity index (χ0) is 22.8. The first-order chi connectivity index (χ1) is 16.0. The Morgan fingerprint density at radius 3 is 2.45 bits per heavy atom. The van der Waals surface area contributed by atoms with E-state index in [0.29, 0.717) is 6.42 Å². The van der Waals surface area contributed by atoms with Gasteiger partial charge in [0.2, 0.25) is 0 Å². The van der Waals surface area contributed by atoms with Gasteiger partial charge in [0, 0.05) is 12.4 Å². The molecule has 0 amide bonds. The van der Waals surface area contributed by atoms with Crippen molar-refractivity contribution < 1.29 is 13.2 Å². The van der Waals surface area contributed by atoms with Crippen LogP contribution in [0.25, 0.3) is 11.1 Å². The number of allylic oxidation sites excluding steroid dienone is 1. The predicted molar refractivity (Wildman–Crippen MR) is 128 cm³/mol. The van der Waals surface area contributed by atoms with E-state index in [-0.39, 0.29) is 0 Å². The average Bonchev–Trinajstić information content (AvgIpc) is 3.09. The molecule has 3 aromatic carbocycles. The van der Waals surface area contributed by atoms with Crippen LogP contribution in [-0.4, -0.2) is 6.21 Å². The molecule has 0 saturated heterocycles. The quantitative estimate of drug-likeness (QED) is 0.376. The van der Waals surface area contributed by atoms with Crippen LogP contribution < -0.4 is 5.32 Å². The third-order valence-electron chi connectivity index (χ3n) is 6.56. The Balaban J connectivity index is 0.000000174. The molecule has 0 fully saturated rings. The first-order valence-electron chi connectivity index (χ1n) is 11.4. The molecule has 2 aliphatic carbocycles. The third kappa shape index (κ3) is 4.45. The number of hydrogen-bond donors (Lipinski definition) is 1. The molecule has 1 N–H and O–H groups in total. The van der Waals surface area contributed by atoms with Gasteiger partial charge in [-0.2, -0.15) is 13.2 Å². The molecule has 0 bridgehead atoms. The minimum Gasteiger partial charge on any atom is -0.360 e. The summed E-state index contributed by atoms with van der Waals surface area (Å²) in [4.78, 5) is 4.21. The lowest BCUT2D eigenvalue weighted by Gasteiger charge is -2.27. The maximum atomic E-state index is 12.9. The molecule has 5 heteroatoms. The van der Waals surface area contributed by atoms with Crippen LogP contribution in [0.1, 0.15) is 40.7 Å². The molecular weight excluding hydrogens is 421 g/mol. The summed E-state index contributed by atoms with van der Waals surface area (Å²) in [6, 6.07) is 16.4. The van der Waals surface area contributed by atoms with Crippen molar-refractivity contribution in [2.75, 3.05) is 5.32 Å². The van der Waals surface area contributed by atoms with Gasteiger partial charge in [-0.1, -0.05) is 30.3 Å². The fourth-order valence-corrected chi connectivity index (χ4v) is 4.95. The second-order valence-corrected chi connectivity index (χ2v) is 8.60. The van der Waals surface area contributed by atoms with E-state index in [1.54, 1.807) is 12.3 Å². The Hall–Kier alpha value is -3.34. The summed E-state index contributed by atoms with van der Waals surface area (Å²) >= 11 is 0. The SMILES string of the molecule is C1=CNc2ccccc2N=C1.FC(F)(F)c1ccc2c(c1)CCc1c-2ccc2c1CCCC2. The second-order valence-electron chi connectivity index (χ2n) is 8.60. The Labute approximate surface area is 191 Å². The van der Waals surface area contributed by atoms with Crippen molar-refractivity contribution in [3.05, 3.63) is 94.7 Å². The van der Waals surface area contributed by atoms with Crippen LogP contribution in [-0.2, 0) is 31.9 Å². The molecule has 0 radical (unpaired) electrons. The van der Waals surface area contributed by atoms with Gasteiger partial charge in [0.25, 0.3) is 0 Å². The summed E-state index contributed by atoms with van der Waals surface area (Å²) in [7, 11) is 0. The molecule has 3 aliphatic rings. The zero-order valence-corrected chi connectivity index (χ0v) is 18.3. The maximum absolute atomic E-state index is 12.9. The van der Waals surface area contributed by atoms with E-state index in [0.717, 1.165) is 47.3 Å². The molecule has 0 aromatic heterocycles. The summed E-state index contributed by atoms with van der Waals surface area (Å²) in [5, 5.41) is 3.12. The average molecular weight is 447 g/mol. The van der Waals surface area contributed by atoms with Crippen molar-refractivity contribution in [1.29, 1.82) is 0 Å². The van der Waals surface area contributed by atoms with Gasteiger partial charge < -0.3 is 5.32 Å². The maximum Gasteiger partial charge on any atom is 0.416 e. The van der Waals surface area contributed by atoms with Crippen LogP contribution >= 0.6 is 0 Å². The molecule has 33 heavy (non-hydrogen) atoms. The van der Waals surface area contributed by atoms with E-state index in [2.05, 4.69) is 22.4 Å². The number of fused-ring (bicyclic) bond motifs is 6. The number of hydrogen-bond acceptors (Lipinski definition) is 2. The van der Waals surface area contributed by atoms with E-state index in [1.165, 1.54) is 41.7 Å². The lowest BCUT2D eigenvalue weighted by molar-refractivity contribution is -0.137. The predicted octanol–water partition coefficient (Wildman–Crippen LogP) is 7.68. The minimum atomic E-state index is -4.26. The number of alkyl halides is 3. The highest BCUT2D eigenvalue weighted by atomic mass is 19.4. The second kappa shape index (κ2) is 8.89. The first kappa shape index (κ1) is 21.5. The number of nitrogens with one attached hydrogen (secondary N) is 1. The standard InChI is InChI=1S/C19H17F3.C9H8N2/c20-19(21,22)14-7-10-16-13(11-14)6-9-17-15-4-2-1-3-12(15)5-8-18(16)17;1-2-5-9-8(4-1)10-6-3-7-11-9/h5,7-8,10-11H,1-4,6,9H2;1-7,10H. The molecule has 0 saturated carbocycles. The monoisotopic (exact) mass is 446 g/mol.